The summed E-state index contributed by atoms with van der Waals surface area (Å²) < 4.78 is 10.7. The smallest absolute Gasteiger partial charge is 0.331 e. The third-order valence-corrected chi connectivity index (χ3v) is 5.01. The van der Waals surface area contributed by atoms with Crippen LogP contribution in [0.1, 0.15) is 19.5 Å². The molecule has 0 saturated heterocycles. The number of ether oxygens (including phenoxy) is 1. The quantitative estimate of drug-likeness (QED) is 0.681. The minimum atomic E-state index is -0.325. The zero-order chi connectivity index (χ0) is 17.9. The third-order valence-electron chi connectivity index (χ3n) is 5.01. The summed E-state index contributed by atoms with van der Waals surface area (Å²) in [5, 5.41) is 0.573. The highest BCUT2D eigenvalue weighted by Crippen LogP contribution is 2.39. The lowest BCUT2D eigenvalue weighted by Gasteiger charge is -2.35. The Morgan fingerprint density at radius 2 is 1.72 bits per heavy atom. The molecule has 1 aromatic carbocycles. The van der Waals surface area contributed by atoms with E-state index in [9.17, 15) is 9.59 Å². The maximum Gasteiger partial charge on any atom is 0.331 e. The van der Waals surface area contributed by atoms with Gasteiger partial charge in [-0.2, -0.15) is 0 Å². The SMILES string of the molecule is Cn1c(=O)c2c(-c3ccccc3)n3c(c2n(C)c1=O)COCC3(C)C. The van der Waals surface area contributed by atoms with Gasteiger partial charge in [0.15, 0.2) is 0 Å². The van der Waals surface area contributed by atoms with Gasteiger partial charge in [0, 0.05) is 14.1 Å². The first-order valence-electron chi connectivity index (χ1n) is 8.31. The molecule has 25 heavy (non-hydrogen) atoms. The zero-order valence-electron chi connectivity index (χ0n) is 14.9. The second-order valence-electron chi connectivity index (χ2n) is 7.23. The van der Waals surface area contributed by atoms with E-state index in [1.807, 2.05) is 30.3 Å². The molecule has 0 spiro atoms. The number of fused-ring (bicyclic) bond motifs is 3. The maximum absolute atomic E-state index is 13.0. The van der Waals surface area contributed by atoms with E-state index in [4.69, 9.17) is 4.74 Å². The normalized spacial score (nSPS) is 16.2. The Bertz CT molecular complexity index is 1100. The van der Waals surface area contributed by atoms with Crippen LogP contribution < -0.4 is 11.2 Å². The molecule has 0 radical (unpaired) electrons. The Balaban J connectivity index is 2.32. The highest BCUT2D eigenvalue weighted by atomic mass is 16.5. The molecule has 6 heteroatoms. The fourth-order valence-corrected chi connectivity index (χ4v) is 3.88. The van der Waals surface area contributed by atoms with Crippen LogP contribution in [0.2, 0.25) is 0 Å². The van der Waals surface area contributed by atoms with Crippen LogP contribution in [0.15, 0.2) is 39.9 Å². The van der Waals surface area contributed by atoms with Crippen molar-refractivity contribution < 1.29 is 4.74 Å². The molecule has 3 aromatic rings. The molecule has 2 aromatic heterocycles. The van der Waals surface area contributed by atoms with Gasteiger partial charge in [-0.05, 0) is 19.4 Å². The number of rotatable bonds is 1. The van der Waals surface area contributed by atoms with Crippen molar-refractivity contribution in [3.05, 3.63) is 56.9 Å². The molecule has 0 amide bonds. The second-order valence-corrected chi connectivity index (χ2v) is 7.23. The van der Waals surface area contributed by atoms with Crippen LogP contribution >= 0.6 is 0 Å². The summed E-state index contributed by atoms with van der Waals surface area (Å²) in [6.45, 7) is 5.11. The van der Waals surface area contributed by atoms with Crippen LogP contribution in [0, 0.1) is 0 Å². The topological polar surface area (TPSA) is 58.2 Å². The van der Waals surface area contributed by atoms with E-state index in [-0.39, 0.29) is 16.8 Å². The monoisotopic (exact) mass is 339 g/mol. The first-order valence-corrected chi connectivity index (χ1v) is 8.31. The van der Waals surface area contributed by atoms with E-state index in [0.717, 1.165) is 17.0 Å². The number of nitrogens with zero attached hydrogens (tertiary/aromatic N) is 3. The summed E-state index contributed by atoms with van der Waals surface area (Å²) in [7, 11) is 3.23. The van der Waals surface area contributed by atoms with Crippen molar-refractivity contribution >= 4 is 10.9 Å². The molecule has 1 aliphatic rings. The fraction of sp³-hybridized carbons (Fsp3) is 0.368. The molecule has 0 aliphatic carbocycles. The number of benzene rings is 1. The molecule has 6 nitrogen and oxygen atoms in total. The predicted molar refractivity (Wildman–Crippen MR) is 96.8 cm³/mol. The lowest BCUT2D eigenvalue weighted by Crippen LogP contribution is -2.38. The van der Waals surface area contributed by atoms with Gasteiger partial charge < -0.3 is 9.30 Å². The van der Waals surface area contributed by atoms with Crippen molar-refractivity contribution in [1.82, 2.24) is 13.7 Å². The Morgan fingerprint density at radius 3 is 2.40 bits per heavy atom. The van der Waals surface area contributed by atoms with Gasteiger partial charge in [0.2, 0.25) is 0 Å². The summed E-state index contributed by atoms with van der Waals surface area (Å²) in [6.07, 6.45) is 0. The van der Waals surface area contributed by atoms with Gasteiger partial charge in [-0.15, -0.1) is 0 Å². The first kappa shape index (κ1) is 15.9. The minimum Gasteiger partial charge on any atom is -0.373 e. The zero-order valence-corrected chi connectivity index (χ0v) is 14.9. The average Bonchev–Trinajstić information content (AvgIpc) is 2.95. The van der Waals surface area contributed by atoms with Crippen LogP contribution in [0.5, 0.6) is 0 Å². The summed E-state index contributed by atoms with van der Waals surface area (Å²) in [5.41, 5.74) is 2.45. The Morgan fingerprint density at radius 1 is 1.04 bits per heavy atom. The van der Waals surface area contributed by atoms with Crippen molar-refractivity contribution in [2.24, 2.45) is 14.1 Å². The van der Waals surface area contributed by atoms with Gasteiger partial charge in [-0.1, -0.05) is 30.3 Å². The number of hydrogen-bond acceptors (Lipinski definition) is 3. The lowest BCUT2D eigenvalue weighted by molar-refractivity contribution is 0.0228. The predicted octanol–water partition coefficient (Wildman–Crippen LogP) is 1.97. The van der Waals surface area contributed by atoms with Crippen molar-refractivity contribution in [2.45, 2.75) is 26.0 Å². The van der Waals surface area contributed by atoms with Crippen LogP contribution in [0.4, 0.5) is 0 Å². The summed E-state index contributed by atoms with van der Waals surface area (Å²) in [4.78, 5) is 25.5. The second kappa shape index (κ2) is 5.20. The Hall–Kier alpha value is -2.60. The highest BCUT2D eigenvalue weighted by Gasteiger charge is 2.35. The van der Waals surface area contributed by atoms with Crippen molar-refractivity contribution in [3.8, 4) is 11.3 Å². The highest BCUT2D eigenvalue weighted by molar-refractivity contribution is 5.96. The third kappa shape index (κ3) is 2.07. The molecule has 4 rings (SSSR count). The molecule has 0 atom stereocenters. The van der Waals surface area contributed by atoms with Gasteiger partial charge in [-0.3, -0.25) is 13.9 Å². The maximum atomic E-state index is 13.0. The molecule has 130 valence electrons. The summed E-state index contributed by atoms with van der Waals surface area (Å²) in [6, 6.07) is 9.87. The Labute approximate surface area is 144 Å². The largest absolute Gasteiger partial charge is 0.373 e. The standard InChI is InChI=1S/C19H21N3O3/c1-19(2)11-25-10-13-16-14(17(23)21(4)18(24)20(16)3)15(22(13)19)12-8-6-5-7-9-12/h5-9H,10-11H2,1-4H3. The summed E-state index contributed by atoms with van der Waals surface area (Å²) in [5.74, 6) is 0. The van der Waals surface area contributed by atoms with E-state index in [2.05, 4.69) is 18.4 Å². The molecular formula is C19H21N3O3. The van der Waals surface area contributed by atoms with Crippen molar-refractivity contribution in [2.75, 3.05) is 6.61 Å². The van der Waals surface area contributed by atoms with Gasteiger partial charge in [0.25, 0.3) is 5.56 Å². The van der Waals surface area contributed by atoms with Gasteiger partial charge in [-0.25, -0.2) is 4.79 Å². The summed E-state index contributed by atoms with van der Waals surface area (Å²) >= 11 is 0. The molecule has 0 unspecified atom stereocenters. The molecule has 0 N–H and O–H groups in total. The lowest BCUT2D eigenvalue weighted by atomic mass is 10.0. The van der Waals surface area contributed by atoms with Gasteiger partial charge in [0.05, 0.1) is 41.0 Å². The van der Waals surface area contributed by atoms with Gasteiger partial charge >= 0.3 is 5.69 Å². The fourth-order valence-electron chi connectivity index (χ4n) is 3.88. The van der Waals surface area contributed by atoms with E-state index in [1.165, 1.54) is 11.6 Å². The molecule has 0 fully saturated rings. The van der Waals surface area contributed by atoms with Crippen molar-refractivity contribution in [3.63, 3.8) is 0 Å². The number of aromatic nitrogens is 3. The first-order chi connectivity index (χ1) is 11.8. The van der Waals surface area contributed by atoms with Crippen LogP contribution in [0.25, 0.3) is 22.2 Å². The molecule has 0 saturated carbocycles. The molecular weight excluding hydrogens is 318 g/mol. The van der Waals surface area contributed by atoms with Crippen LogP contribution in [0.3, 0.4) is 0 Å². The van der Waals surface area contributed by atoms with Gasteiger partial charge in [0.1, 0.15) is 0 Å². The average molecular weight is 339 g/mol. The van der Waals surface area contributed by atoms with Crippen LogP contribution in [-0.2, 0) is 31.0 Å². The molecule has 1 aliphatic heterocycles. The Kier molecular flexibility index (Phi) is 3.30. The minimum absolute atomic E-state index is 0.269. The molecule has 3 heterocycles. The van der Waals surface area contributed by atoms with E-state index >= 15 is 0 Å². The van der Waals surface area contributed by atoms with E-state index in [0.29, 0.717) is 24.1 Å². The van der Waals surface area contributed by atoms with Crippen LogP contribution in [-0.4, -0.2) is 20.3 Å². The van der Waals surface area contributed by atoms with E-state index < -0.39 is 0 Å². The van der Waals surface area contributed by atoms with Crippen molar-refractivity contribution in [1.29, 1.82) is 0 Å². The number of aryl methyl sites for hydroxylation is 1. The number of hydrogen-bond donors (Lipinski definition) is 0. The van der Waals surface area contributed by atoms with E-state index in [1.54, 1.807) is 11.6 Å². The molecule has 0 bridgehead atoms.